The molecule has 4 atom stereocenters. The molecule has 0 aliphatic heterocycles. The van der Waals surface area contributed by atoms with Crippen LogP contribution in [0.2, 0.25) is 0 Å². The molecule has 3 fully saturated rings. The van der Waals surface area contributed by atoms with Crippen molar-refractivity contribution in [1.82, 2.24) is 29.9 Å². The zero-order valence-electron chi connectivity index (χ0n) is 21.5. The van der Waals surface area contributed by atoms with Gasteiger partial charge in [-0.3, -0.25) is 14.2 Å². The Balaban J connectivity index is 1.14. The fourth-order valence-electron chi connectivity index (χ4n) is 5.69. The van der Waals surface area contributed by atoms with Crippen LogP contribution < -0.4 is 20.7 Å². The molecule has 11 nitrogen and oxygen atoms in total. The minimum atomic E-state index is -2.99. The minimum absolute atomic E-state index is 0.117. The molecular formula is C25H27F3N8O3S. The predicted molar refractivity (Wildman–Crippen MR) is 138 cm³/mol. The van der Waals surface area contributed by atoms with E-state index < -0.39 is 24.6 Å². The molecule has 3 saturated carbocycles. The standard InChI is InChI=1S/C25H27F3N8O3S/c1-35-17(8-18(34-35)39-23(27)28)31-24-33-29-10-36(24)11-2-3-15-13(6-11)19(21(38)30-16-9-25(16)4-5-25)22(40-15)32-20(37)12-7-14(12)26/h8,10-12,14,16,23H,2-7,9H2,1H3,(H,30,38)(H,31,33)(H,32,37)/t11-,12-,14-,16+/m0/s1. The second kappa shape index (κ2) is 9.21. The van der Waals surface area contributed by atoms with Crippen LogP contribution in [0.4, 0.5) is 29.9 Å². The molecule has 212 valence electrons. The van der Waals surface area contributed by atoms with Crippen LogP contribution >= 0.6 is 11.3 Å². The van der Waals surface area contributed by atoms with E-state index in [2.05, 4.69) is 36.0 Å². The van der Waals surface area contributed by atoms with E-state index in [9.17, 15) is 22.8 Å². The topological polar surface area (TPSA) is 128 Å². The third-order valence-corrected chi connectivity index (χ3v) is 9.62. The van der Waals surface area contributed by atoms with Crippen molar-refractivity contribution in [2.24, 2.45) is 18.4 Å². The number of ether oxygens (including phenoxy) is 1. The SMILES string of the molecule is Cn1nc(OC(F)F)cc1Nc1nncn1[C@H]1CCc2sc(NC(=O)[C@H]3C[C@@H]3F)c(C(=O)N[C@@H]3CC34CC4)c2C1. The van der Waals surface area contributed by atoms with Crippen molar-refractivity contribution < 1.29 is 27.5 Å². The molecule has 4 aliphatic rings. The van der Waals surface area contributed by atoms with Gasteiger partial charge in [0.25, 0.3) is 5.91 Å². The molecule has 0 bridgehead atoms. The molecule has 0 unspecified atom stereocenters. The number of nitrogens with zero attached hydrogens (tertiary/aromatic N) is 5. The maximum absolute atomic E-state index is 13.6. The highest BCUT2D eigenvalue weighted by Gasteiger charge is 2.63. The van der Waals surface area contributed by atoms with Crippen LogP contribution in [0.3, 0.4) is 0 Å². The number of aryl methyl sites for hydroxylation is 2. The molecule has 0 radical (unpaired) electrons. The van der Waals surface area contributed by atoms with Crippen LogP contribution in [0, 0.1) is 11.3 Å². The molecule has 3 aromatic heterocycles. The summed E-state index contributed by atoms with van der Waals surface area (Å²) in [7, 11) is 1.58. The first-order valence-corrected chi connectivity index (χ1v) is 14.1. The molecule has 2 amide bonds. The Bertz CT molecular complexity index is 1500. The van der Waals surface area contributed by atoms with Gasteiger partial charge in [-0.25, -0.2) is 9.07 Å². The molecule has 0 aromatic carbocycles. The number of rotatable bonds is 9. The number of halogens is 3. The van der Waals surface area contributed by atoms with E-state index in [1.807, 2.05) is 4.57 Å². The molecular weight excluding hydrogens is 549 g/mol. The van der Waals surface area contributed by atoms with Crippen molar-refractivity contribution in [1.29, 1.82) is 0 Å². The zero-order valence-corrected chi connectivity index (χ0v) is 22.3. The number of hydrogen-bond acceptors (Lipinski definition) is 8. The van der Waals surface area contributed by atoms with Gasteiger partial charge in [-0.15, -0.1) is 26.6 Å². The van der Waals surface area contributed by atoms with Crippen LogP contribution in [0.25, 0.3) is 0 Å². The van der Waals surface area contributed by atoms with E-state index in [0.717, 1.165) is 36.1 Å². The van der Waals surface area contributed by atoms with Crippen LogP contribution in [-0.2, 0) is 24.7 Å². The minimum Gasteiger partial charge on any atom is -0.415 e. The second-order valence-corrected chi connectivity index (χ2v) is 12.2. The number of carbonyl (C=O) groups is 2. The molecule has 3 N–H and O–H groups in total. The largest absolute Gasteiger partial charge is 0.415 e. The van der Waals surface area contributed by atoms with E-state index in [1.165, 1.54) is 22.1 Å². The maximum atomic E-state index is 13.6. The van der Waals surface area contributed by atoms with Gasteiger partial charge in [-0.2, -0.15) is 8.78 Å². The molecule has 3 heterocycles. The molecule has 4 aliphatic carbocycles. The Hall–Kier alpha value is -3.62. The predicted octanol–water partition coefficient (Wildman–Crippen LogP) is 3.73. The summed E-state index contributed by atoms with van der Waals surface area (Å²) in [6.07, 6.45) is 5.77. The summed E-state index contributed by atoms with van der Waals surface area (Å²) in [5, 5.41) is 21.7. The van der Waals surface area contributed by atoms with Crippen molar-refractivity contribution in [3.05, 3.63) is 28.4 Å². The summed E-state index contributed by atoms with van der Waals surface area (Å²) in [4.78, 5) is 27.2. The van der Waals surface area contributed by atoms with E-state index in [-0.39, 0.29) is 35.7 Å². The van der Waals surface area contributed by atoms with Crippen molar-refractivity contribution in [3.63, 3.8) is 0 Å². The number of carbonyl (C=O) groups excluding carboxylic acids is 2. The van der Waals surface area contributed by atoms with Gasteiger partial charge in [-0.1, -0.05) is 0 Å². The van der Waals surface area contributed by atoms with Crippen LogP contribution in [0.1, 0.15) is 58.9 Å². The van der Waals surface area contributed by atoms with E-state index >= 15 is 0 Å². The first-order chi connectivity index (χ1) is 19.2. The number of hydrogen-bond donors (Lipinski definition) is 3. The van der Waals surface area contributed by atoms with Crippen LogP contribution in [0.15, 0.2) is 12.4 Å². The average Bonchev–Trinajstić information content (AvgIpc) is 3.83. The van der Waals surface area contributed by atoms with Crippen molar-refractivity contribution in [2.75, 3.05) is 10.6 Å². The summed E-state index contributed by atoms with van der Waals surface area (Å²) in [5.74, 6) is -0.731. The fourth-order valence-corrected chi connectivity index (χ4v) is 6.93. The highest BCUT2D eigenvalue weighted by molar-refractivity contribution is 7.17. The van der Waals surface area contributed by atoms with Gasteiger partial charge in [-0.05, 0) is 55.9 Å². The van der Waals surface area contributed by atoms with Gasteiger partial charge < -0.3 is 20.7 Å². The number of nitrogens with one attached hydrogen (secondary N) is 3. The third-order valence-electron chi connectivity index (χ3n) is 8.41. The second-order valence-electron chi connectivity index (χ2n) is 11.1. The Morgan fingerprint density at radius 3 is 2.80 bits per heavy atom. The van der Waals surface area contributed by atoms with Crippen molar-refractivity contribution in [2.45, 2.75) is 69.8 Å². The van der Waals surface area contributed by atoms with E-state index in [0.29, 0.717) is 35.2 Å². The molecule has 15 heteroatoms. The monoisotopic (exact) mass is 576 g/mol. The highest BCUT2D eigenvalue weighted by Crippen LogP contribution is 2.66. The highest BCUT2D eigenvalue weighted by atomic mass is 32.1. The number of amides is 2. The van der Waals surface area contributed by atoms with Gasteiger partial charge in [0.1, 0.15) is 23.3 Å². The zero-order chi connectivity index (χ0) is 27.8. The first-order valence-electron chi connectivity index (χ1n) is 13.3. The van der Waals surface area contributed by atoms with Gasteiger partial charge in [0.2, 0.25) is 17.7 Å². The smallest absolute Gasteiger partial charge is 0.388 e. The molecule has 7 rings (SSSR count). The van der Waals surface area contributed by atoms with Crippen molar-refractivity contribution >= 4 is 39.9 Å². The maximum Gasteiger partial charge on any atom is 0.388 e. The quantitative estimate of drug-likeness (QED) is 0.354. The lowest BCUT2D eigenvalue weighted by molar-refractivity contribution is -0.117. The Kier molecular flexibility index (Phi) is 5.84. The lowest BCUT2D eigenvalue weighted by atomic mass is 9.91. The summed E-state index contributed by atoms with van der Waals surface area (Å²) in [6, 6.07) is 1.38. The summed E-state index contributed by atoms with van der Waals surface area (Å²) < 4.78 is 46.4. The molecule has 40 heavy (non-hydrogen) atoms. The van der Waals surface area contributed by atoms with Crippen LogP contribution in [-0.4, -0.2) is 55.2 Å². The fraction of sp³-hybridized carbons (Fsp3) is 0.560. The summed E-state index contributed by atoms with van der Waals surface area (Å²) in [6.45, 7) is -2.99. The van der Waals surface area contributed by atoms with Gasteiger partial charge in [0.15, 0.2) is 0 Å². The van der Waals surface area contributed by atoms with Crippen LogP contribution in [0.5, 0.6) is 5.88 Å². The van der Waals surface area contributed by atoms with Gasteiger partial charge >= 0.3 is 6.61 Å². The number of anilines is 3. The van der Waals surface area contributed by atoms with Crippen molar-refractivity contribution in [3.8, 4) is 5.88 Å². The first kappa shape index (κ1) is 25.4. The summed E-state index contributed by atoms with van der Waals surface area (Å²) >= 11 is 1.39. The Morgan fingerprint density at radius 1 is 1.30 bits per heavy atom. The van der Waals surface area contributed by atoms with E-state index in [1.54, 1.807) is 13.4 Å². The normalized spacial score (nSPS) is 25.4. The van der Waals surface area contributed by atoms with Gasteiger partial charge in [0, 0.05) is 30.1 Å². The molecule has 0 saturated heterocycles. The van der Waals surface area contributed by atoms with Gasteiger partial charge in [0.05, 0.1) is 11.5 Å². The molecule has 1 spiro atoms. The number of fused-ring (bicyclic) bond motifs is 1. The Morgan fingerprint density at radius 2 is 2.10 bits per heavy atom. The molecule has 3 aromatic rings. The lowest BCUT2D eigenvalue weighted by Gasteiger charge is -2.25. The number of aromatic nitrogens is 5. The summed E-state index contributed by atoms with van der Waals surface area (Å²) in [5.41, 5.74) is 1.59. The average molecular weight is 577 g/mol. The third kappa shape index (κ3) is 4.59. The van der Waals surface area contributed by atoms with E-state index in [4.69, 9.17) is 0 Å². The number of alkyl halides is 3. The number of thiophene rings is 1. The Labute approximate surface area is 230 Å². The lowest BCUT2D eigenvalue weighted by Crippen LogP contribution is -2.30.